The highest BCUT2D eigenvalue weighted by atomic mass is 16.6. The number of carbonyl (C=O) groups excluding carboxylic acids is 2. The molecular formula is C21H39NO5. The first-order chi connectivity index (χ1) is 12.5. The van der Waals surface area contributed by atoms with Gasteiger partial charge in [-0.25, -0.2) is 0 Å². The van der Waals surface area contributed by atoms with E-state index in [-0.39, 0.29) is 23.5 Å². The number of hydrogen-bond donors (Lipinski definition) is 2. The summed E-state index contributed by atoms with van der Waals surface area (Å²) in [6, 6.07) is 0. The molecule has 0 aromatic heterocycles. The van der Waals surface area contributed by atoms with Crippen LogP contribution < -0.4 is 5.32 Å². The molecular weight excluding hydrogens is 346 g/mol. The lowest BCUT2D eigenvalue weighted by molar-refractivity contribution is -0.185. The minimum Gasteiger partial charge on any atom is -0.469 e. The van der Waals surface area contributed by atoms with Crippen molar-refractivity contribution in [1.82, 2.24) is 5.32 Å². The topological polar surface area (TPSA) is 84.9 Å². The highest BCUT2D eigenvalue weighted by Crippen LogP contribution is 2.46. The van der Waals surface area contributed by atoms with Crippen molar-refractivity contribution in [2.45, 2.75) is 110 Å². The minimum absolute atomic E-state index is 0.0514. The molecule has 0 saturated carbocycles. The third-order valence-electron chi connectivity index (χ3n) is 5.17. The molecule has 6 nitrogen and oxygen atoms in total. The van der Waals surface area contributed by atoms with Crippen LogP contribution in [0, 0.1) is 5.41 Å². The smallest absolute Gasteiger partial charge is 0.312 e. The first-order valence-electron chi connectivity index (χ1n) is 10.2. The highest BCUT2D eigenvalue weighted by molar-refractivity contribution is 5.77. The first-order valence-corrected chi connectivity index (χ1v) is 10.2. The van der Waals surface area contributed by atoms with Crippen LogP contribution in [-0.2, 0) is 19.1 Å². The number of esters is 2. The molecule has 1 atom stereocenters. The molecule has 0 aliphatic carbocycles. The number of aliphatic hydroxyl groups is 1. The molecule has 1 aliphatic heterocycles. The first kappa shape index (κ1) is 23.9. The Morgan fingerprint density at radius 2 is 1.59 bits per heavy atom. The van der Waals surface area contributed by atoms with Gasteiger partial charge in [-0.1, -0.05) is 32.6 Å². The zero-order valence-electron chi connectivity index (χ0n) is 18.0. The highest BCUT2D eigenvalue weighted by Gasteiger charge is 2.53. The van der Waals surface area contributed by atoms with E-state index in [0.29, 0.717) is 19.3 Å². The lowest BCUT2D eigenvalue weighted by Gasteiger charge is -2.51. The fraction of sp³-hybridized carbons (Fsp3) is 0.905. The molecule has 1 aliphatic rings. The predicted molar refractivity (Wildman–Crippen MR) is 105 cm³/mol. The van der Waals surface area contributed by atoms with Crippen molar-refractivity contribution in [2.24, 2.45) is 5.41 Å². The van der Waals surface area contributed by atoms with Crippen molar-refractivity contribution in [3.05, 3.63) is 0 Å². The van der Waals surface area contributed by atoms with Gasteiger partial charge in [0.25, 0.3) is 0 Å². The SMILES string of the molecule is CCCCCCCC(=O)OC(O)CC1(C(=O)OC)CC(C)(C)NC(C)(C)C1. The number of unbranched alkanes of at least 4 members (excludes halogenated alkanes) is 4. The lowest BCUT2D eigenvalue weighted by Crippen LogP contribution is -2.63. The predicted octanol–water partition coefficient (Wildman–Crippen LogP) is 3.70. The van der Waals surface area contributed by atoms with Crippen LogP contribution in [0.3, 0.4) is 0 Å². The molecule has 1 fully saturated rings. The van der Waals surface area contributed by atoms with Crippen molar-refractivity contribution >= 4 is 11.9 Å². The van der Waals surface area contributed by atoms with Crippen LogP contribution in [0.15, 0.2) is 0 Å². The fourth-order valence-electron chi connectivity index (χ4n) is 4.81. The summed E-state index contributed by atoms with van der Waals surface area (Å²) in [6.45, 7) is 10.3. The second-order valence-electron chi connectivity index (χ2n) is 9.33. The molecule has 158 valence electrons. The van der Waals surface area contributed by atoms with E-state index in [2.05, 4.69) is 12.2 Å². The molecule has 0 radical (unpaired) electrons. The minimum atomic E-state index is -1.31. The maximum Gasteiger partial charge on any atom is 0.312 e. The number of piperidine rings is 1. The summed E-state index contributed by atoms with van der Waals surface area (Å²) in [7, 11) is 1.36. The summed E-state index contributed by atoms with van der Waals surface area (Å²) in [5.41, 5.74) is -1.51. The average molecular weight is 386 g/mol. The number of ether oxygens (including phenoxy) is 2. The Morgan fingerprint density at radius 3 is 2.11 bits per heavy atom. The van der Waals surface area contributed by atoms with Crippen molar-refractivity contribution < 1.29 is 24.2 Å². The number of rotatable bonds is 10. The van der Waals surface area contributed by atoms with Gasteiger partial charge in [-0.15, -0.1) is 0 Å². The Morgan fingerprint density at radius 1 is 1.04 bits per heavy atom. The van der Waals surface area contributed by atoms with Gasteiger partial charge in [0.2, 0.25) is 6.29 Å². The van der Waals surface area contributed by atoms with Gasteiger partial charge < -0.3 is 19.9 Å². The molecule has 1 rings (SSSR count). The summed E-state index contributed by atoms with van der Waals surface area (Å²) in [5, 5.41) is 13.9. The van der Waals surface area contributed by atoms with Crippen LogP contribution in [0.5, 0.6) is 0 Å². The zero-order valence-corrected chi connectivity index (χ0v) is 18.0. The summed E-state index contributed by atoms with van der Waals surface area (Å²) in [5.74, 6) is -0.772. The summed E-state index contributed by atoms with van der Waals surface area (Å²) in [6.07, 6.45) is 5.21. The quantitative estimate of drug-likeness (QED) is 0.339. The van der Waals surface area contributed by atoms with Gasteiger partial charge >= 0.3 is 11.9 Å². The van der Waals surface area contributed by atoms with E-state index in [1.807, 2.05) is 27.7 Å². The Balaban J connectivity index is 2.71. The Kier molecular flexibility index (Phi) is 8.74. The van der Waals surface area contributed by atoms with E-state index in [0.717, 1.165) is 25.7 Å². The normalized spacial score (nSPS) is 21.3. The molecule has 0 spiro atoms. The van der Waals surface area contributed by atoms with Crippen molar-refractivity contribution in [1.29, 1.82) is 0 Å². The standard InChI is InChI=1S/C21H39NO5/c1-7-8-9-10-11-12-16(23)27-17(24)13-21(18(25)26-6)14-19(2,3)22-20(4,5)15-21/h17,22,24H,7-15H2,1-6H3. The summed E-state index contributed by atoms with van der Waals surface area (Å²) in [4.78, 5) is 24.7. The van der Waals surface area contributed by atoms with E-state index in [4.69, 9.17) is 9.47 Å². The van der Waals surface area contributed by atoms with E-state index in [1.165, 1.54) is 13.5 Å². The molecule has 2 N–H and O–H groups in total. The Bertz CT molecular complexity index is 485. The molecule has 0 amide bonds. The third kappa shape index (κ3) is 7.78. The van der Waals surface area contributed by atoms with Gasteiger partial charge in [-0.05, 0) is 47.0 Å². The molecule has 0 bridgehead atoms. The van der Waals surface area contributed by atoms with E-state index < -0.39 is 17.7 Å². The van der Waals surface area contributed by atoms with Gasteiger partial charge in [-0.3, -0.25) is 9.59 Å². The number of aliphatic hydroxyl groups excluding tert-OH is 1. The van der Waals surface area contributed by atoms with Crippen molar-refractivity contribution in [2.75, 3.05) is 7.11 Å². The van der Waals surface area contributed by atoms with Crippen LogP contribution in [0.1, 0.15) is 92.4 Å². The molecule has 0 aromatic carbocycles. The largest absolute Gasteiger partial charge is 0.469 e. The van der Waals surface area contributed by atoms with E-state index in [1.54, 1.807) is 0 Å². The molecule has 27 heavy (non-hydrogen) atoms. The number of hydrogen-bond acceptors (Lipinski definition) is 6. The molecule has 1 saturated heterocycles. The molecule has 1 unspecified atom stereocenters. The van der Waals surface area contributed by atoms with Gasteiger partial charge in [0.1, 0.15) is 0 Å². The fourth-order valence-corrected chi connectivity index (χ4v) is 4.81. The lowest BCUT2D eigenvalue weighted by atomic mass is 9.64. The van der Waals surface area contributed by atoms with Crippen LogP contribution >= 0.6 is 0 Å². The number of carbonyl (C=O) groups is 2. The average Bonchev–Trinajstić information content (AvgIpc) is 2.50. The van der Waals surface area contributed by atoms with E-state index >= 15 is 0 Å². The van der Waals surface area contributed by atoms with Gasteiger partial charge in [0, 0.05) is 23.9 Å². The maximum atomic E-state index is 12.7. The van der Waals surface area contributed by atoms with Crippen LogP contribution in [0.2, 0.25) is 0 Å². The Hall–Kier alpha value is -1.14. The third-order valence-corrected chi connectivity index (χ3v) is 5.17. The monoisotopic (exact) mass is 385 g/mol. The van der Waals surface area contributed by atoms with E-state index in [9.17, 15) is 14.7 Å². The molecule has 0 aromatic rings. The summed E-state index contributed by atoms with van der Waals surface area (Å²) < 4.78 is 10.3. The van der Waals surface area contributed by atoms with Gasteiger partial charge in [0.15, 0.2) is 0 Å². The van der Waals surface area contributed by atoms with Gasteiger partial charge in [-0.2, -0.15) is 0 Å². The second kappa shape index (κ2) is 9.87. The van der Waals surface area contributed by atoms with Crippen LogP contribution in [0.4, 0.5) is 0 Å². The maximum absolute atomic E-state index is 12.7. The van der Waals surface area contributed by atoms with Crippen LogP contribution in [0.25, 0.3) is 0 Å². The number of nitrogens with one attached hydrogen (secondary N) is 1. The summed E-state index contributed by atoms with van der Waals surface area (Å²) >= 11 is 0. The molecule has 6 heteroatoms. The van der Waals surface area contributed by atoms with Crippen LogP contribution in [-0.4, -0.2) is 41.5 Å². The number of methoxy groups -OCH3 is 1. The van der Waals surface area contributed by atoms with Gasteiger partial charge in [0.05, 0.1) is 12.5 Å². The van der Waals surface area contributed by atoms with Crippen molar-refractivity contribution in [3.8, 4) is 0 Å². The zero-order chi connectivity index (χ0) is 20.7. The Labute approximate surface area is 164 Å². The molecule has 1 heterocycles. The van der Waals surface area contributed by atoms with Crippen molar-refractivity contribution in [3.63, 3.8) is 0 Å². The second-order valence-corrected chi connectivity index (χ2v) is 9.33.